The van der Waals surface area contributed by atoms with E-state index < -0.39 is 0 Å². The summed E-state index contributed by atoms with van der Waals surface area (Å²) in [6.07, 6.45) is 0. The van der Waals surface area contributed by atoms with Crippen LogP contribution >= 0.6 is 0 Å². The van der Waals surface area contributed by atoms with Crippen LogP contribution in [0, 0.1) is 0 Å². The molecule has 1 aromatic heterocycles. The minimum absolute atomic E-state index is 0.109. The standard InChI is InChI=1S/C31H30N4/c1-20(2)34-27-12-8-9-13-28(27)35(22-16-14-21(15-17-22)31(3,4)5)30-19-26-25(18-29(30)34)32-23-10-6-7-11-24(23)33-26/h6-20H,1-5H3. The SMILES string of the molecule is CC(C)N1c2ccccc2N(c2ccc(C(C)(C)C)cc2)c2cc3nc4ccccc4nc3cc21. The van der Waals surface area contributed by atoms with Gasteiger partial charge in [-0.25, -0.2) is 9.97 Å². The topological polar surface area (TPSA) is 32.3 Å². The van der Waals surface area contributed by atoms with Gasteiger partial charge in [-0.2, -0.15) is 0 Å². The summed E-state index contributed by atoms with van der Waals surface area (Å²) >= 11 is 0. The Morgan fingerprint density at radius 2 is 1.14 bits per heavy atom. The monoisotopic (exact) mass is 458 g/mol. The Morgan fingerprint density at radius 3 is 1.71 bits per heavy atom. The van der Waals surface area contributed by atoms with Crippen molar-refractivity contribution in [1.82, 2.24) is 9.97 Å². The third-order valence-electron chi connectivity index (χ3n) is 6.83. The Kier molecular flexibility index (Phi) is 4.82. The van der Waals surface area contributed by atoms with E-state index in [9.17, 15) is 0 Å². The van der Waals surface area contributed by atoms with Crippen molar-refractivity contribution in [3.63, 3.8) is 0 Å². The maximum Gasteiger partial charge on any atom is 0.0917 e. The smallest absolute Gasteiger partial charge is 0.0917 e. The van der Waals surface area contributed by atoms with Crippen molar-refractivity contribution in [2.24, 2.45) is 0 Å². The first kappa shape index (κ1) is 21.6. The van der Waals surface area contributed by atoms with Gasteiger partial charge in [-0.15, -0.1) is 0 Å². The van der Waals surface area contributed by atoms with Crippen LogP contribution < -0.4 is 9.80 Å². The molecule has 4 heteroatoms. The second kappa shape index (κ2) is 7.81. The Bertz CT molecular complexity index is 1560. The normalized spacial score (nSPS) is 13.4. The molecule has 174 valence electrons. The highest BCUT2D eigenvalue weighted by molar-refractivity contribution is 6.03. The quantitative estimate of drug-likeness (QED) is 0.249. The molecule has 0 saturated heterocycles. The molecule has 0 aliphatic carbocycles. The molecular weight excluding hydrogens is 428 g/mol. The van der Waals surface area contributed by atoms with Crippen molar-refractivity contribution in [2.45, 2.75) is 46.1 Å². The van der Waals surface area contributed by atoms with Crippen LogP contribution in [0.3, 0.4) is 0 Å². The Morgan fingerprint density at radius 1 is 0.600 bits per heavy atom. The van der Waals surface area contributed by atoms with Crippen molar-refractivity contribution in [1.29, 1.82) is 0 Å². The fraction of sp³-hybridized carbons (Fsp3) is 0.226. The number of hydrogen-bond donors (Lipinski definition) is 0. The van der Waals surface area contributed by atoms with Crippen molar-refractivity contribution in [3.8, 4) is 0 Å². The highest BCUT2D eigenvalue weighted by atomic mass is 15.3. The summed E-state index contributed by atoms with van der Waals surface area (Å²) in [7, 11) is 0. The molecular formula is C31H30N4. The fourth-order valence-corrected chi connectivity index (χ4v) is 5.08. The van der Waals surface area contributed by atoms with Gasteiger partial charge in [0, 0.05) is 11.7 Å². The van der Waals surface area contributed by atoms with E-state index in [0.29, 0.717) is 0 Å². The van der Waals surface area contributed by atoms with Gasteiger partial charge >= 0.3 is 0 Å². The van der Waals surface area contributed by atoms with Crippen molar-refractivity contribution < 1.29 is 0 Å². The molecule has 1 aliphatic rings. The zero-order valence-electron chi connectivity index (χ0n) is 20.9. The number of nitrogens with zero attached hydrogens (tertiary/aromatic N) is 4. The van der Waals surface area contributed by atoms with E-state index in [1.807, 2.05) is 24.3 Å². The first-order chi connectivity index (χ1) is 16.8. The van der Waals surface area contributed by atoms with Gasteiger partial charge in [0.25, 0.3) is 0 Å². The van der Waals surface area contributed by atoms with Gasteiger partial charge in [0.15, 0.2) is 0 Å². The van der Waals surface area contributed by atoms with Gasteiger partial charge in [-0.05, 0) is 73.4 Å². The van der Waals surface area contributed by atoms with E-state index in [2.05, 4.69) is 105 Å². The molecule has 0 unspecified atom stereocenters. The van der Waals surface area contributed by atoms with E-state index in [4.69, 9.17) is 9.97 Å². The van der Waals surface area contributed by atoms with Crippen LogP contribution in [0.25, 0.3) is 22.1 Å². The van der Waals surface area contributed by atoms with Crippen LogP contribution in [0.4, 0.5) is 28.4 Å². The Balaban J connectivity index is 1.63. The van der Waals surface area contributed by atoms with Crippen LogP contribution in [0.2, 0.25) is 0 Å². The first-order valence-electron chi connectivity index (χ1n) is 12.3. The Hall–Kier alpha value is -3.92. The van der Waals surface area contributed by atoms with Gasteiger partial charge < -0.3 is 9.80 Å². The number of benzene rings is 4. The number of anilines is 5. The summed E-state index contributed by atoms with van der Waals surface area (Å²) in [5, 5.41) is 0. The van der Waals surface area contributed by atoms with Crippen LogP contribution in [-0.4, -0.2) is 16.0 Å². The lowest BCUT2D eigenvalue weighted by Gasteiger charge is -2.42. The second-order valence-electron chi connectivity index (χ2n) is 10.6. The van der Waals surface area contributed by atoms with Crippen molar-refractivity contribution in [2.75, 3.05) is 9.80 Å². The van der Waals surface area contributed by atoms with Crippen molar-refractivity contribution in [3.05, 3.63) is 90.5 Å². The molecule has 0 radical (unpaired) electrons. The molecule has 0 spiro atoms. The molecule has 0 fully saturated rings. The van der Waals surface area contributed by atoms with Gasteiger partial charge in [0.05, 0.1) is 44.8 Å². The molecule has 0 amide bonds. The molecule has 5 aromatic rings. The number of para-hydroxylation sites is 4. The number of aromatic nitrogens is 2. The summed E-state index contributed by atoms with van der Waals surface area (Å²) in [6, 6.07) is 30.4. The van der Waals surface area contributed by atoms with Crippen LogP contribution in [0.5, 0.6) is 0 Å². The summed E-state index contributed by atoms with van der Waals surface area (Å²) in [5.41, 5.74) is 10.9. The van der Waals surface area contributed by atoms with E-state index in [-0.39, 0.29) is 11.5 Å². The largest absolute Gasteiger partial charge is 0.335 e. The minimum atomic E-state index is 0.109. The summed E-state index contributed by atoms with van der Waals surface area (Å²) in [6.45, 7) is 11.2. The lowest BCUT2D eigenvalue weighted by atomic mass is 9.87. The number of rotatable bonds is 2. The predicted octanol–water partition coefficient (Wildman–Crippen LogP) is 8.41. The number of hydrogen-bond acceptors (Lipinski definition) is 4. The maximum absolute atomic E-state index is 4.98. The zero-order valence-corrected chi connectivity index (χ0v) is 20.9. The zero-order chi connectivity index (χ0) is 24.3. The van der Waals surface area contributed by atoms with Crippen LogP contribution in [-0.2, 0) is 5.41 Å². The number of fused-ring (bicyclic) bond motifs is 4. The van der Waals surface area contributed by atoms with E-state index >= 15 is 0 Å². The third-order valence-corrected chi connectivity index (χ3v) is 6.83. The highest BCUT2D eigenvalue weighted by Crippen LogP contribution is 2.53. The minimum Gasteiger partial charge on any atom is -0.335 e. The molecule has 0 atom stereocenters. The molecule has 6 rings (SSSR count). The van der Waals surface area contributed by atoms with E-state index in [0.717, 1.165) is 39.1 Å². The average molecular weight is 459 g/mol. The van der Waals surface area contributed by atoms with Gasteiger partial charge in [-0.3, -0.25) is 0 Å². The predicted molar refractivity (Wildman–Crippen MR) is 148 cm³/mol. The summed E-state index contributed by atoms with van der Waals surface area (Å²) < 4.78 is 0. The van der Waals surface area contributed by atoms with Crippen LogP contribution in [0.1, 0.15) is 40.2 Å². The van der Waals surface area contributed by atoms with Gasteiger partial charge in [-0.1, -0.05) is 57.2 Å². The highest BCUT2D eigenvalue weighted by Gasteiger charge is 2.31. The average Bonchev–Trinajstić information content (AvgIpc) is 2.84. The molecule has 1 aliphatic heterocycles. The van der Waals surface area contributed by atoms with E-state index in [1.165, 1.54) is 16.9 Å². The third kappa shape index (κ3) is 3.52. The molecule has 2 heterocycles. The maximum atomic E-state index is 4.98. The van der Waals surface area contributed by atoms with Crippen LogP contribution in [0.15, 0.2) is 84.9 Å². The van der Waals surface area contributed by atoms with Gasteiger partial charge in [0.1, 0.15) is 0 Å². The lowest BCUT2D eigenvalue weighted by Crippen LogP contribution is -2.32. The Labute approximate surface area is 206 Å². The lowest BCUT2D eigenvalue weighted by molar-refractivity contribution is 0.590. The molecule has 0 saturated carbocycles. The fourth-order valence-electron chi connectivity index (χ4n) is 5.08. The van der Waals surface area contributed by atoms with Gasteiger partial charge in [0.2, 0.25) is 0 Å². The summed E-state index contributed by atoms with van der Waals surface area (Å²) in [5.74, 6) is 0. The molecule has 35 heavy (non-hydrogen) atoms. The molecule has 0 N–H and O–H groups in total. The summed E-state index contributed by atoms with van der Waals surface area (Å²) in [4.78, 5) is 14.7. The molecule has 0 bridgehead atoms. The molecule has 4 nitrogen and oxygen atoms in total. The van der Waals surface area contributed by atoms with Crippen molar-refractivity contribution >= 4 is 50.5 Å². The first-order valence-corrected chi connectivity index (χ1v) is 12.3. The molecule has 4 aromatic carbocycles. The second-order valence-corrected chi connectivity index (χ2v) is 10.6. The van der Waals surface area contributed by atoms with E-state index in [1.54, 1.807) is 0 Å².